The first-order valence-electron chi connectivity index (χ1n) is 5.42. The van der Waals surface area contributed by atoms with Crippen molar-refractivity contribution in [3.8, 4) is 0 Å². The van der Waals surface area contributed by atoms with E-state index in [0.29, 0.717) is 17.3 Å². The van der Waals surface area contributed by atoms with E-state index in [4.69, 9.17) is 17.3 Å². The summed E-state index contributed by atoms with van der Waals surface area (Å²) in [5.74, 6) is 0. The first-order chi connectivity index (χ1) is 8.20. The molecule has 0 saturated carbocycles. The summed E-state index contributed by atoms with van der Waals surface area (Å²) in [4.78, 5) is 5.62. The zero-order chi connectivity index (χ0) is 12.3. The van der Waals surface area contributed by atoms with Crippen molar-refractivity contribution >= 4 is 34.3 Å². The average Bonchev–Trinajstić information content (AvgIpc) is 2.76. The van der Waals surface area contributed by atoms with Crippen molar-refractivity contribution in [3.05, 3.63) is 39.3 Å². The lowest BCUT2D eigenvalue weighted by atomic mass is 10.2. The summed E-state index contributed by atoms with van der Waals surface area (Å²) in [5, 5.41) is 4.91. The number of nitrogen functional groups attached to an aromatic ring is 1. The number of anilines is 2. The summed E-state index contributed by atoms with van der Waals surface area (Å²) >= 11 is 7.78. The zero-order valence-electron chi connectivity index (χ0n) is 9.53. The Labute approximate surface area is 110 Å². The molecule has 0 amide bonds. The molecular weight excluding hydrogens is 254 g/mol. The van der Waals surface area contributed by atoms with E-state index < -0.39 is 0 Å². The molecule has 0 atom stereocenters. The second-order valence-electron chi connectivity index (χ2n) is 3.63. The van der Waals surface area contributed by atoms with Crippen LogP contribution in [0.25, 0.3) is 0 Å². The van der Waals surface area contributed by atoms with Crippen LogP contribution in [0.15, 0.2) is 24.4 Å². The van der Waals surface area contributed by atoms with Crippen LogP contribution >= 0.6 is 22.9 Å². The minimum Gasteiger partial charge on any atom is -0.397 e. The molecular formula is C12H14ClN3S. The van der Waals surface area contributed by atoms with Gasteiger partial charge in [-0.25, -0.2) is 4.98 Å². The Balaban J connectivity index is 2.07. The van der Waals surface area contributed by atoms with Gasteiger partial charge in [-0.2, -0.15) is 0 Å². The summed E-state index contributed by atoms with van der Waals surface area (Å²) in [6.07, 6.45) is 2.93. The van der Waals surface area contributed by atoms with Gasteiger partial charge in [-0.05, 0) is 18.6 Å². The van der Waals surface area contributed by atoms with Crippen LogP contribution in [0, 0.1) is 0 Å². The molecule has 3 nitrogen and oxygen atoms in total. The summed E-state index contributed by atoms with van der Waals surface area (Å²) in [5.41, 5.74) is 7.29. The fourth-order valence-electron chi connectivity index (χ4n) is 1.48. The number of aryl methyl sites for hydroxylation is 1. The van der Waals surface area contributed by atoms with Gasteiger partial charge in [0.2, 0.25) is 0 Å². The van der Waals surface area contributed by atoms with Crippen LogP contribution in [0.3, 0.4) is 0 Å². The molecule has 5 heteroatoms. The van der Waals surface area contributed by atoms with E-state index in [0.717, 1.165) is 17.1 Å². The highest BCUT2D eigenvalue weighted by Gasteiger charge is 2.05. The summed E-state index contributed by atoms with van der Waals surface area (Å²) in [6.45, 7) is 2.77. The number of hydrogen-bond donors (Lipinski definition) is 2. The molecule has 1 aromatic carbocycles. The number of nitrogens with one attached hydrogen (secondary N) is 1. The van der Waals surface area contributed by atoms with Crippen molar-refractivity contribution in [2.75, 3.05) is 11.1 Å². The third-order valence-electron chi connectivity index (χ3n) is 2.41. The molecule has 0 unspecified atom stereocenters. The molecule has 0 saturated heterocycles. The van der Waals surface area contributed by atoms with E-state index in [1.165, 1.54) is 4.88 Å². The van der Waals surface area contributed by atoms with Gasteiger partial charge in [-0.1, -0.05) is 24.6 Å². The predicted molar refractivity (Wildman–Crippen MR) is 74.7 cm³/mol. The minimum atomic E-state index is 0.636. The molecule has 3 N–H and O–H groups in total. The van der Waals surface area contributed by atoms with Gasteiger partial charge >= 0.3 is 0 Å². The van der Waals surface area contributed by atoms with Crippen LogP contribution in [0.1, 0.15) is 16.8 Å². The number of benzene rings is 1. The molecule has 0 bridgehead atoms. The van der Waals surface area contributed by atoms with Crippen molar-refractivity contribution in [2.24, 2.45) is 0 Å². The standard InChI is InChI=1S/C12H14ClN3S/c1-2-8-6-15-11(17-8)7-16-12-9(13)4-3-5-10(12)14/h3-6,16H,2,7,14H2,1H3. The fourth-order valence-corrected chi connectivity index (χ4v) is 2.54. The van der Waals surface area contributed by atoms with Gasteiger partial charge in [0.05, 0.1) is 22.9 Å². The first kappa shape index (κ1) is 12.2. The highest BCUT2D eigenvalue weighted by Crippen LogP contribution is 2.28. The molecule has 17 heavy (non-hydrogen) atoms. The number of thiazole rings is 1. The van der Waals surface area contributed by atoms with E-state index in [-0.39, 0.29) is 0 Å². The van der Waals surface area contributed by atoms with Gasteiger partial charge in [0.15, 0.2) is 0 Å². The Hall–Kier alpha value is -1.26. The maximum Gasteiger partial charge on any atom is 0.112 e. The lowest BCUT2D eigenvalue weighted by molar-refractivity contribution is 1.09. The largest absolute Gasteiger partial charge is 0.397 e. The number of aromatic nitrogens is 1. The summed E-state index contributed by atoms with van der Waals surface area (Å²) in [6, 6.07) is 5.48. The number of halogens is 1. The van der Waals surface area contributed by atoms with Gasteiger partial charge in [0, 0.05) is 11.1 Å². The second kappa shape index (κ2) is 5.38. The van der Waals surface area contributed by atoms with Crippen molar-refractivity contribution in [3.63, 3.8) is 0 Å². The molecule has 1 aromatic heterocycles. The third-order valence-corrected chi connectivity index (χ3v) is 3.87. The van der Waals surface area contributed by atoms with Gasteiger partial charge < -0.3 is 11.1 Å². The van der Waals surface area contributed by atoms with Crippen LogP contribution < -0.4 is 11.1 Å². The smallest absolute Gasteiger partial charge is 0.112 e. The molecule has 0 spiro atoms. The van der Waals surface area contributed by atoms with Crippen LogP contribution in [-0.2, 0) is 13.0 Å². The molecule has 0 fully saturated rings. The van der Waals surface area contributed by atoms with Gasteiger partial charge in [-0.3, -0.25) is 0 Å². The van der Waals surface area contributed by atoms with E-state index in [2.05, 4.69) is 17.2 Å². The Morgan fingerprint density at radius 3 is 2.94 bits per heavy atom. The number of nitrogens with zero attached hydrogens (tertiary/aromatic N) is 1. The van der Waals surface area contributed by atoms with Crippen LogP contribution in [0.4, 0.5) is 11.4 Å². The van der Waals surface area contributed by atoms with E-state index >= 15 is 0 Å². The number of para-hydroxylation sites is 1. The first-order valence-corrected chi connectivity index (χ1v) is 6.61. The number of nitrogens with two attached hydrogens (primary N) is 1. The Bertz CT molecular complexity index is 490. The molecule has 1 heterocycles. The van der Waals surface area contributed by atoms with Gasteiger partial charge in [0.25, 0.3) is 0 Å². The summed E-state index contributed by atoms with van der Waals surface area (Å²) < 4.78 is 0. The predicted octanol–water partition coefficient (Wildman–Crippen LogP) is 3.55. The van der Waals surface area contributed by atoms with Crippen LogP contribution in [0.5, 0.6) is 0 Å². The highest BCUT2D eigenvalue weighted by atomic mass is 35.5. The Morgan fingerprint density at radius 2 is 2.29 bits per heavy atom. The average molecular weight is 268 g/mol. The van der Waals surface area contributed by atoms with Gasteiger partial charge in [-0.15, -0.1) is 11.3 Å². The van der Waals surface area contributed by atoms with E-state index in [1.54, 1.807) is 11.3 Å². The van der Waals surface area contributed by atoms with Crippen molar-refractivity contribution in [2.45, 2.75) is 19.9 Å². The lowest BCUT2D eigenvalue weighted by Crippen LogP contribution is -2.02. The van der Waals surface area contributed by atoms with E-state index in [9.17, 15) is 0 Å². The summed E-state index contributed by atoms with van der Waals surface area (Å²) in [7, 11) is 0. The Kier molecular flexibility index (Phi) is 3.86. The van der Waals surface area contributed by atoms with Crippen LogP contribution in [0.2, 0.25) is 5.02 Å². The molecule has 0 aliphatic rings. The Morgan fingerprint density at radius 1 is 1.47 bits per heavy atom. The monoisotopic (exact) mass is 267 g/mol. The lowest BCUT2D eigenvalue weighted by Gasteiger charge is -2.09. The SMILES string of the molecule is CCc1cnc(CNc2c(N)cccc2Cl)s1. The molecule has 90 valence electrons. The van der Waals surface area contributed by atoms with Crippen molar-refractivity contribution in [1.29, 1.82) is 0 Å². The van der Waals surface area contributed by atoms with Crippen LogP contribution in [-0.4, -0.2) is 4.98 Å². The maximum absolute atomic E-state index is 6.07. The van der Waals surface area contributed by atoms with Gasteiger partial charge in [0.1, 0.15) is 5.01 Å². The van der Waals surface area contributed by atoms with Crippen molar-refractivity contribution < 1.29 is 0 Å². The number of rotatable bonds is 4. The normalized spacial score (nSPS) is 10.5. The topological polar surface area (TPSA) is 50.9 Å². The van der Waals surface area contributed by atoms with E-state index in [1.807, 2.05) is 24.4 Å². The zero-order valence-corrected chi connectivity index (χ0v) is 11.1. The fraction of sp³-hybridized carbons (Fsp3) is 0.250. The second-order valence-corrected chi connectivity index (χ2v) is 5.24. The van der Waals surface area contributed by atoms with Crippen molar-refractivity contribution in [1.82, 2.24) is 4.98 Å². The molecule has 0 aliphatic heterocycles. The molecule has 0 radical (unpaired) electrons. The highest BCUT2D eigenvalue weighted by molar-refractivity contribution is 7.11. The quantitative estimate of drug-likeness (QED) is 0.833. The molecule has 0 aliphatic carbocycles. The maximum atomic E-state index is 6.07. The molecule has 2 rings (SSSR count). The minimum absolute atomic E-state index is 0.636. The molecule has 2 aromatic rings. The number of hydrogen-bond acceptors (Lipinski definition) is 4. The third kappa shape index (κ3) is 2.90.